The van der Waals surface area contributed by atoms with Crippen LogP contribution < -0.4 is 4.90 Å². The van der Waals surface area contributed by atoms with E-state index in [1.807, 2.05) is 0 Å². The molecule has 0 fully saturated rings. The molecule has 0 bridgehead atoms. The van der Waals surface area contributed by atoms with Crippen LogP contribution in [0.5, 0.6) is 0 Å². The quantitative estimate of drug-likeness (QED) is 0.567. The van der Waals surface area contributed by atoms with Crippen LogP contribution in [0.2, 0.25) is 0 Å². The van der Waals surface area contributed by atoms with Crippen molar-refractivity contribution in [1.29, 1.82) is 0 Å². The van der Waals surface area contributed by atoms with Crippen molar-refractivity contribution in [2.75, 3.05) is 12.0 Å². The molecule has 0 saturated heterocycles. The van der Waals surface area contributed by atoms with Gasteiger partial charge in [-0.3, -0.25) is 9.59 Å². The maximum absolute atomic E-state index is 11.4. The van der Waals surface area contributed by atoms with Gasteiger partial charge in [-0.25, -0.2) is 9.69 Å². The smallest absolute Gasteiger partial charge is 0.350 e. The molecule has 2 amide bonds. The van der Waals surface area contributed by atoms with E-state index in [0.717, 1.165) is 16.2 Å². The first-order valence-corrected chi connectivity index (χ1v) is 5.25. The summed E-state index contributed by atoms with van der Waals surface area (Å²) in [6, 6.07) is 1.54. The van der Waals surface area contributed by atoms with Gasteiger partial charge in [0.25, 0.3) is 11.8 Å². The van der Waals surface area contributed by atoms with Gasteiger partial charge in [-0.1, -0.05) is 0 Å². The van der Waals surface area contributed by atoms with Crippen LogP contribution in [0.3, 0.4) is 0 Å². The molecule has 1 aliphatic heterocycles. The van der Waals surface area contributed by atoms with E-state index in [-0.39, 0.29) is 10.6 Å². The van der Waals surface area contributed by atoms with Gasteiger partial charge in [-0.2, -0.15) is 0 Å². The fourth-order valence-corrected chi connectivity index (χ4v) is 2.15. The molecule has 0 aliphatic carbocycles. The van der Waals surface area contributed by atoms with Gasteiger partial charge in [0.05, 0.1) is 12.8 Å². The highest BCUT2D eigenvalue weighted by Gasteiger charge is 2.29. The van der Waals surface area contributed by atoms with Gasteiger partial charge in [0.15, 0.2) is 0 Å². The third-order valence-corrected chi connectivity index (χ3v) is 2.95. The highest BCUT2D eigenvalue weighted by molar-refractivity contribution is 7.12. The zero-order valence-corrected chi connectivity index (χ0v) is 9.11. The standard InChI is InChI=1S/C10H7NO4S/c1-15-10(14)9-6(4-5-16-9)11-7(12)2-3-8(11)13/h2-5H,1H3. The van der Waals surface area contributed by atoms with Gasteiger partial charge in [0, 0.05) is 12.2 Å². The first-order chi connectivity index (χ1) is 7.65. The van der Waals surface area contributed by atoms with E-state index in [9.17, 15) is 14.4 Å². The molecule has 0 radical (unpaired) electrons. The summed E-state index contributed by atoms with van der Waals surface area (Å²) in [5.74, 6) is -1.46. The van der Waals surface area contributed by atoms with Crippen molar-refractivity contribution in [1.82, 2.24) is 0 Å². The van der Waals surface area contributed by atoms with Crippen LogP contribution in [0.1, 0.15) is 9.67 Å². The van der Waals surface area contributed by atoms with Crippen LogP contribution in [0.15, 0.2) is 23.6 Å². The number of thiophene rings is 1. The minimum absolute atomic E-state index is 0.243. The average molecular weight is 237 g/mol. The second kappa shape index (κ2) is 3.90. The summed E-state index contributed by atoms with van der Waals surface area (Å²) in [4.78, 5) is 35.4. The number of esters is 1. The number of carbonyl (C=O) groups is 3. The summed E-state index contributed by atoms with van der Waals surface area (Å²) in [5.41, 5.74) is 0.275. The number of hydrogen-bond donors (Lipinski definition) is 0. The number of ether oxygens (including phenoxy) is 1. The normalized spacial score (nSPS) is 14.7. The molecular formula is C10H7NO4S. The van der Waals surface area contributed by atoms with Gasteiger partial charge >= 0.3 is 5.97 Å². The van der Waals surface area contributed by atoms with Gasteiger partial charge in [0.1, 0.15) is 4.88 Å². The van der Waals surface area contributed by atoms with Crippen LogP contribution in [-0.2, 0) is 14.3 Å². The molecule has 82 valence electrons. The Morgan fingerprint density at radius 2 is 1.94 bits per heavy atom. The lowest BCUT2D eigenvalue weighted by Crippen LogP contribution is -2.30. The predicted molar refractivity (Wildman–Crippen MR) is 57.3 cm³/mol. The largest absolute Gasteiger partial charge is 0.465 e. The van der Waals surface area contributed by atoms with E-state index in [0.29, 0.717) is 0 Å². The molecular weight excluding hydrogens is 230 g/mol. The topological polar surface area (TPSA) is 63.7 Å². The second-order valence-electron chi connectivity index (χ2n) is 2.97. The second-order valence-corrected chi connectivity index (χ2v) is 3.89. The van der Waals surface area contributed by atoms with Gasteiger partial charge in [0.2, 0.25) is 0 Å². The molecule has 16 heavy (non-hydrogen) atoms. The molecule has 1 aromatic rings. The number of nitrogens with zero attached hydrogens (tertiary/aromatic N) is 1. The molecule has 1 aromatic heterocycles. The van der Waals surface area contributed by atoms with Crippen LogP contribution in [-0.4, -0.2) is 24.9 Å². The number of imide groups is 1. The van der Waals surface area contributed by atoms with E-state index in [1.165, 1.54) is 19.3 Å². The number of hydrogen-bond acceptors (Lipinski definition) is 5. The number of amides is 2. The van der Waals surface area contributed by atoms with Crippen molar-refractivity contribution in [2.24, 2.45) is 0 Å². The molecule has 0 atom stereocenters. The van der Waals surface area contributed by atoms with Gasteiger partial charge in [-0.15, -0.1) is 11.3 Å². The van der Waals surface area contributed by atoms with Crippen molar-refractivity contribution < 1.29 is 19.1 Å². The average Bonchev–Trinajstić information content (AvgIpc) is 2.84. The van der Waals surface area contributed by atoms with E-state index in [1.54, 1.807) is 11.4 Å². The van der Waals surface area contributed by atoms with Gasteiger partial charge < -0.3 is 4.74 Å². The molecule has 0 N–H and O–H groups in total. The monoisotopic (exact) mass is 237 g/mol. The van der Waals surface area contributed by atoms with Gasteiger partial charge in [-0.05, 0) is 11.4 Å². The SMILES string of the molecule is COC(=O)c1sccc1N1C(=O)C=CC1=O. The molecule has 0 saturated carbocycles. The zero-order valence-electron chi connectivity index (χ0n) is 8.30. The summed E-state index contributed by atoms with van der Waals surface area (Å²) < 4.78 is 4.57. The lowest BCUT2D eigenvalue weighted by Gasteiger charge is -2.13. The molecule has 2 heterocycles. The van der Waals surface area contributed by atoms with Crippen molar-refractivity contribution in [3.05, 3.63) is 28.5 Å². The molecule has 0 unspecified atom stereocenters. The van der Waals surface area contributed by atoms with Crippen molar-refractivity contribution >= 4 is 34.8 Å². The predicted octanol–water partition coefficient (Wildman–Crippen LogP) is 0.964. The number of methoxy groups -OCH3 is 1. The highest BCUT2D eigenvalue weighted by atomic mass is 32.1. The summed E-state index contributed by atoms with van der Waals surface area (Å²) in [5, 5.41) is 1.63. The maximum Gasteiger partial charge on any atom is 0.350 e. The molecule has 0 aromatic carbocycles. The minimum Gasteiger partial charge on any atom is -0.465 e. The summed E-state index contributed by atoms with van der Waals surface area (Å²) in [6.07, 6.45) is 2.34. The Bertz CT molecular complexity index is 485. The third-order valence-electron chi connectivity index (χ3n) is 2.07. The maximum atomic E-state index is 11.4. The Kier molecular flexibility index (Phi) is 2.57. The number of anilines is 1. The first kappa shape index (κ1) is 10.6. The summed E-state index contributed by atoms with van der Waals surface area (Å²) in [6.45, 7) is 0. The summed E-state index contributed by atoms with van der Waals surface area (Å²) >= 11 is 1.12. The van der Waals surface area contributed by atoms with E-state index < -0.39 is 17.8 Å². The van der Waals surface area contributed by atoms with Crippen LogP contribution in [0.4, 0.5) is 5.69 Å². The minimum atomic E-state index is -0.558. The lowest BCUT2D eigenvalue weighted by molar-refractivity contribution is -0.119. The number of rotatable bonds is 2. The number of carbonyl (C=O) groups excluding carboxylic acids is 3. The molecule has 0 spiro atoms. The van der Waals surface area contributed by atoms with Crippen LogP contribution in [0, 0.1) is 0 Å². The molecule has 5 nitrogen and oxygen atoms in total. The van der Waals surface area contributed by atoms with E-state index in [4.69, 9.17) is 0 Å². The van der Waals surface area contributed by atoms with E-state index in [2.05, 4.69) is 4.74 Å². The summed E-state index contributed by atoms with van der Waals surface area (Å²) in [7, 11) is 1.25. The fraction of sp³-hybridized carbons (Fsp3) is 0.100. The van der Waals surface area contributed by atoms with Crippen molar-refractivity contribution in [3.63, 3.8) is 0 Å². The highest BCUT2D eigenvalue weighted by Crippen LogP contribution is 2.29. The van der Waals surface area contributed by atoms with Crippen molar-refractivity contribution in [3.8, 4) is 0 Å². The Morgan fingerprint density at radius 3 is 2.50 bits per heavy atom. The Balaban J connectivity index is 2.42. The third kappa shape index (κ3) is 1.53. The zero-order chi connectivity index (χ0) is 11.7. The Labute approximate surface area is 94.9 Å². The molecule has 6 heteroatoms. The molecule has 2 rings (SSSR count). The Hall–Kier alpha value is -1.95. The fourth-order valence-electron chi connectivity index (χ4n) is 1.36. The lowest BCUT2D eigenvalue weighted by atomic mass is 10.3. The first-order valence-electron chi connectivity index (χ1n) is 4.37. The Morgan fingerprint density at radius 1 is 1.31 bits per heavy atom. The van der Waals surface area contributed by atoms with Crippen LogP contribution >= 0.6 is 11.3 Å². The van der Waals surface area contributed by atoms with E-state index >= 15 is 0 Å². The van der Waals surface area contributed by atoms with Crippen LogP contribution in [0.25, 0.3) is 0 Å². The van der Waals surface area contributed by atoms with Crippen molar-refractivity contribution in [2.45, 2.75) is 0 Å². The molecule has 1 aliphatic rings.